The number of rotatable bonds is 13. The molecule has 566 valence electrons. The van der Waals surface area contributed by atoms with Crippen molar-refractivity contribution in [2.75, 3.05) is 9.80 Å². The Kier molecular flexibility index (Phi) is 17.2. The number of pyridine rings is 2. The van der Waals surface area contributed by atoms with Gasteiger partial charge in [0.15, 0.2) is 0 Å². The minimum atomic E-state index is 0.867. The molecule has 0 spiro atoms. The van der Waals surface area contributed by atoms with Crippen molar-refractivity contribution in [3.8, 4) is 77.9 Å². The maximum atomic E-state index is 6.42. The smallest absolute Gasteiger partial charge is 0.137 e. The predicted molar refractivity (Wildman–Crippen MR) is 512 cm³/mol. The van der Waals surface area contributed by atoms with E-state index in [9.17, 15) is 0 Å². The lowest BCUT2D eigenvalue weighted by atomic mass is 9.97. The van der Waals surface area contributed by atoms with E-state index in [4.69, 9.17) is 4.42 Å². The van der Waals surface area contributed by atoms with Gasteiger partial charge in [0.05, 0.1) is 44.2 Å². The number of hydrogen-bond donors (Lipinski definition) is 0. The van der Waals surface area contributed by atoms with Gasteiger partial charge in [0.25, 0.3) is 0 Å². The second-order valence-electron chi connectivity index (χ2n) is 31.3. The average Bonchev–Trinajstić information content (AvgIpc) is 1.57. The number of furan rings is 1. The Morgan fingerprint density at radius 1 is 0.174 bits per heavy atom. The molecule has 0 saturated heterocycles. The van der Waals surface area contributed by atoms with E-state index in [-0.39, 0.29) is 0 Å². The Bertz CT molecular complexity index is 7970. The van der Waals surface area contributed by atoms with E-state index >= 15 is 0 Å². The summed E-state index contributed by atoms with van der Waals surface area (Å²) in [6, 6.07) is 167. The first-order chi connectivity index (χ1) is 60.0. The topological polar surface area (TPSA) is 28.4 Å². The Hall–Kier alpha value is -16.1. The first-order valence-electron chi connectivity index (χ1n) is 41.5. The van der Waals surface area contributed by atoms with Crippen LogP contribution in [0.4, 0.5) is 34.1 Å². The standard InChI is InChI=1S/C60H40N2.C56H36N2O/c1-2-16-47(17-3-1)59-56-25-12-24-55(60(56)62-57-26-9-6-15-46(57)33-40-58(59)62)45-31-38-50(39-32-45)61(48-34-27-43(28-35-48)53-22-10-18-41-13-4-7-20-51(41)53)49-36-29-44(30-37-49)54-23-11-19-42-14-5-8-21-52(42)54;1-2-15-41(16-3-1)54-48-22-11-21-46(56(48)58-49-23-8-5-14-40(49)31-36-51(54)58)39-29-34-43(35-30-39)57(50-24-12-26-53-55(50)47-19-7-9-25-52(47)59-53)42-32-27-38(28-33-42)45-20-10-17-37-13-4-6-18-44(37)45/h1-40H;1-36H. The first-order valence-corrected chi connectivity index (χ1v) is 41.5. The summed E-state index contributed by atoms with van der Waals surface area (Å²) in [5.41, 5.74) is 32.4. The van der Waals surface area contributed by atoms with Gasteiger partial charge in [-0.25, -0.2) is 0 Å². The van der Waals surface area contributed by atoms with Gasteiger partial charge in [0.1, 0.15) is 11.2 Å². The summed E-state index contributed by atoms with van der Waals surface area (Å²) in [6.07, 6.45) is 0. The molecule has 5 aromatic heterocycles. The third kappa shape index (κ3) is 12.2. The van der Waals surface area contributed by atoms with Crippen LogP contribution in [0, 0.1) is 0 Å². The van der Waals surface area contributed by atoms with Crippen molar-refractivity contribution in [2.45, 2.75) is 0 Å². The lowest BCUT2D eigenvalue weighted by molar-refractivity contribution is 0.669. The third-order valence-electron chi connectivity index (χ3n) is 24.5. The molecule has 19 aromatic carbocycles. The van der Waals surface area contributed by atoms with E-state index in [2.05, 4.69) is 474 Å². The maximum Gasteiger partial charge on any atom is 0.137 e. The van der Waals surface area contributed by atoms with Crippen LogP contribution in [0.2, 0.25) is 0 Å². The van der Waals surface area contributed by atoms with Crippen molar-refractivity contribution in [3.05, 3.63) is 461 Å². The monoisotopic (exact) mass is 1540 g/mol. The van der Waals surface area contributed by atoms with Gasteiger partial charge in [-0.15, -0.1) is 0 Å². The summed E-state index contributed by atoms with van der Waals surface area (Å²) in [7, 11) is 0. The summed E-state index contributed by atoms with van der Waals surface area (Å²) in [5, 5.41) is 14.6. The van der Waals surface area contributed by atoms with Gasteiger partial charge in [-0.05, 0) is 202 Å². The molecule has 0 unspecified atom stereocenters. The van der Waals surface area contributed by atoms with E-state index in [1.165, 1.54) is 159 Å². The largest absolute Gasteiger partial charge is 0.456 e. The molecule has 5 nitrogen and oxygen atoms in total. The number of hydrogen-bond acceptors (Lipinski definition) is 3. The van der Waals surface area contributed by atoms with Crippen LogP contribution < -0.4 is 9.80 Å². The van der Waals surface area contributed by atoms with E-state index in [0.717, 1.165) is 61.6 Å². The normalized spacial score (nSPS) is 11.6. The van der Waals surface area contributed by atoms with E-state index in [1.807, 2.05) is 6.07 Å². The fraction of sp³-hybridized carbons (Fsp3) is 0. The molecule has 0 atom stereocenters. The molecule has 5 heteroatoms. The quantitative estimate of drug-likeness (QED) is 0.115. The number of anilines is 6. The number of nitrogens with zero attached hydrogens (tertiary/aromatic N) is 4. The molecule has 0 radical (unpaired) electrons. The van der Waals surface area contributed by atoms with E-state index in [0.29, 0.717) is 0 Å². The van der Waals surface area contributed by atoms with Crippen LogP contribution in [-0.2, 0) is 0 Å². The van der Waals surface area contributed by atoms with Crippen LogP contribution in [0.15, 0.2) is 465 Å². The summed E-state index contributed by atoms with van der Waals surface area (Å²) >= 11 is 0. The molecule has 0 fully saturated rings. The Morgan fingerprint density at radius 3 is 0.884 bits per heavy atom. The summed E-state index contributed by atoms with van der Waals surface area (Å²) < 4.78 is 11.4. The zero-order chi connectivity index (χ0) is 79.9. The molecule has 0 saturated carbocycles. The molecule has 0 bridgehead atoms. The molecule has 0 aliphatic heterocycles. The molecule has 121 heavy (non-hydrogen) atoms. The van der Waals surface area contributed by atoms with Gasteiger partial charge in [-0.2, -0.15) is 0 Å². The van der Waals surface area contributed by atoms with Crippen LogP contribution >= 0.6 is 0 Å². The second kappa shape index (κ2) is 29.6. The minimum absolute atomic E-state index is 0.867. The van der Waals surface area contributed by atoms with Crippen LogP contribution in [0.25, 0.3) is 187 Å². The highest BCUT2D eigenvalue weighted by atomic mass is 16.3. The molecule has 24 aromatic rings. The number of aromatic nitrogens is 2. The Labute approximate surface area is 700 Å². The highest BCUT2D eigenvalue weighted by Crippen LogP contribution is 2.49. The lowest BCUT2D eigenvalue weighted by Gasteiger charge is -2.27. The van der Waals surface area contributed by atoms with Gasteiger partial charge < -0.3 is 23.0 Å². The predicted octanol–water partition coefficient (Wildman–Crippen LogP) is 32.5. The molecule has 0 amide bonds. The van der Waals surface area contributed by atoms with Gasteiger partial charge >= 0.3 is 0 Å². The molecule has 0 aliphatic rings. The van der Waals surface area contributed by atoms with Crippen molar-refractivity contribution >= 4 is 143 Å². The summed E-state index contributed by atoms with van der Waals surface area (Å²) in [6.45, 7) is 0. The molecule has 0 N–H and O–H groups in total. The number of fused-ring (bicyclic) bond motifs is 16. The van der Waals surface area contributed by atoms with Crippen molar-refractivity contribution in [2.24, 2.45) is 0 Å². The van der Waals surface area contributed by atoms with Crippen LogP contribution in [0.1, 0.15) is 0 Å². The van der Waals surface area contributed by atoms with Crippen molar-refractivity contribution in [1.29, 1.82) is 0 Å². The molecule has 0 aliphatic carbocycles. The van der Waals surface area contributed by atoms with Crippen LogP contribution in [0.3, 0.4) is 0 Å². The fourth-order valence-electron chi connectivity index (χ4n) is 19.0. The minimum Gasteiger partial charge on any atom is -0.456 e. The van der Waals surface area contributed by atoms with Gasteiger partial charge in [-0.3, -0.25) is 0 Å². The molecule has 5 heterocycles. The van der Waals surface area contributed by atoms with Crippen molar-refractivity contribution < 1.29 is 4.42 Å². The lowest BCUT2D eigenvalue weighted by Crippen LogP contribution is -2.10. The van der Waals surface area contributed by atoms with Gasteiger partial charge in [-0.1, -0.05) is 358 Å². The number of para-hydroxylation sites is 5. The third-order valence-corrected chi connectivity index (χ3v) is 24.5. The van der Waals surface area contributed by atoms with Crippen molar-refractivity contribution in [1.82, 2.24) is 8.80 Å². The SMILES string of the molecule is c1ccc(-c2c3cccc(-c4ccc(N(c5ccc(-c6cccc7ccccc67)cc5)c5ccc(-c6cccc7ccccc67)cc5)cc4)c3n3c2ccc2ccccc23)cc1.c1ccc(-c2c3cccc(-c4ccc(N(c5ccc(-c6cccc7ccccc67)cc5)c5cccc6oc7ccccc7c56)cc4)c3n3c2ccc2ccccc23)cc1. The van der Waals surface area contributed by atoms with E-state index in [1.54, 1.807) is 0 Å². The number of benzene rings is 19. The van der Waals surface area contributed by atoms with Crippen LogP contribution in [0.5, 0.6) is 0 Å². The Balaban J connectivity index is 0.000000141. The maximum absolute atomic E-state index is 6.42. The molecular formula is C116H76N4O. The average molecular weight is 1540 g/mol. The van der Waals surface area contributed by atoms with Crippen LogP contribution in [-0.4, -0.2) is 8.80 Å². The Morgan fingerprint density at radius 2 is 0.471 bits per heavy atom. The van der Waals surface area contributed by atoms with Gasteiger partial charge in [0, 0.05) is 66.8 Å². The second-order valence-corrected chi connectivity index (χ2v) is 31.3. The fourth-order valence-corrected chi connectivity index (χ4v) is 19.0. The first kappa shape index (κ1) is 70.3. The highest BCUT2D eigenvalue weighted by molar-refractivity contribution is 6.17. The summed E-state index contributed by atoms with van der Waals surface area (Å²) in [4.78, 5) is 4.74. The van der Waals surface area contributed by atoms with Gasteiger partial charge in [0.2, 0.25) is 0 Å². The summed E-state index contributed by atoms with van der Waals surface area (Å²) in [5.74, 6) is 0. The zero-order valence-corrected chi connectivity index (χ0v) is 66.1. The molecular weight excluding hydrogens is 1470 g/mol. The zero-order valence-electron chi connectivity index (χ0n) is 66.1. The van der Waals surface area contributed by atoms with E-state index < -0.39 is 0 Å². The van der Waals surface area contributed by atoms with Crippen molar-refractivity contribution in [3.63, 3.8) is 0 Å². The molecule has 24 rings (SSSR count). The highest BCUT2D eigenvalue weighted by Gasteiger charge is 2.25.